The van der Waals surface area contributed by atoms with Crippen molar-refractivity contribution in [3.05, 3.63) is 22.8 Å². The summed E-state index contributed by atoms with van der Waals surface area (Å²) in [6.45, 7) is 8.38. The number of halogens is 4. The number of amides is 1. The van der Waals surface area contributed by atoms with Crippen molar-refractivity contribution in [2.24, 2.45) is 0 Å². The number of pyridine rings is 1. The number of alkyl halides is 3. The van der Waals surface area contributed by atoms with E-state index in [4.69, 9.17) is 11.6 Å². The van der Waals surface area contributed by atoms with Gasteiger partial charge in [-0.2, -0.15) is 13.2 Å². The van der Waals surface area contributed by atoms with E-state index in [-0.39, 0.29) is 10.9 Å². The van der Waals surface area contributed by atoms with E-state index in [0.717, 1.165) is 38.2 Å². The molecule has 152 valence electrons. The van der Waals surface area contributed by atoms with Crippen LogP contribution >= 0.6 is 11.6 Å². The SMILES string of the molecule is CCCN(CCC)C(=O)CN1CCN(c2ncc(C(F)(F)F)cc2Cl)CC1. The van der Waals surface area contributed by atoms with E-state index in [9.17, 15) is 18.0 Å². The Hall–Kier alpha value is -1.54. The Labute approximate surface area is 163 Å². The van der Waals surface area contributed by atoms with Gasteiger partial charge in [0, 0.05) is 45.5 Å². The second-order valence-corrected chi connectivity index (χ2v) is 7.08. The topological polar surface area (TPSA) is 39.7 Å². The van der Waals surface area contributed by atoms with Crippen LogP contribution in [0.1, 0.15) is 32.3 Å². The smallest absolute Gasteiger partial charge is 0.353 e. The first kappa shape index (κ1) is 21.8. The maximum atomic E-state index is 12.7. The van der Waals surface area contributed by atoms with E-state index in [0.29, 0.717) is 38.5 Å². The summed E-state index contributed by atoms with van der Waals surface area (Å²) in [5.41, 5.74) is -0.854. The van der Waals surface area contributed by atoms with Gasteiger partial charge < -0.3 is 9.80 Å². The molecule has 1 saturated heterocycles. The molecule has 0 bridgehead atoms. The third-order valence-corrected chi connectivity index (χ3v) is 4.80. The van der Waals surface area contributed by atoms with Crippen LogP contribution in [0.4, 0.5) is 19.0 Å². The lowest BCUT2D eigenvalue weighted by Gasteiger charge is -2.36. The summed E-state index contributed by atoms with van der Waals surface area (Å²) in [6, 6.07) is 0.910. The summed E-state index contributed by atoms with van der Waals surface area (Å²) in [5, 5.41) is -0.00795. The Morgan fingerprint density at radius 2 is 1.78 bits per heavy atom. The largest absolute Gasteiger partial charge is 0.417 e. The molecule has 2 rings (SSSR count). The molecule has 1 aromatic rings. The Morgan fingerprint density at radius 3 is 2.26 bits per heavy atom. The highest BCUT2D eigenvalue weighted by Crippen LogP contribution is 2.33. The first-order valence-electron chi connectivity index (χ1n) is 9.24. The first-order valence-corrected chi connectivity index (χ1v) is 9.61. The van der Waals surface area contributed by atoms with Crippen LogP contribution in [0.5, 0.6) is 0 Å². The molecule has 0 aromatic carbocycles. The Balaban J connectivity index is 1.92. The number of carbonyl (C=O) groups is 1. The molecule has 1 aliphatic rings. The minimum absolute atomic E-state index is 0.00795. The molecule has 0 atom stereocenters. The highest BCUT2D eigenvalue weighted by atomic mass is 35.5. The summed E-state index contributed by atoms with van der Waals surface area (Å²) in [5.74, 6) is 0.479. The highest BCUT2D eigenvalue weighted by Gasteiger charge is 2.32. The summed E-state index contributed by atoms with van der Waals surface area (Å²) < 4.78 is 38.2. The maximum absolute atomic E-state index is 12.7. The molecule has 1 fully saturated rings. The zero-order chi connectivity index (χ0) is 20.0. The summed E-state index contributed by atoms with van der Waals surface area (Å²) in [6.07, 6.45) is -1.79. The standard InChI is InChI=1S/C18H26ClF3N4O/c1-3-5-25(6-4-2)16(27)13-24-7-9-26(10-8-24)17-15(19)11-14(12-23-17)18(20,21)22/h11-12H,3-10,13H2,1-2H3. The molecule has 0 N–H and O–H groups in total. The molecule has 9 heteroatoms. The van der Waals surface area contributed by atoms with Crippen molar-refractivity contribution in [2.75, 3.05) is 50.7 Å². The number of piperazine rings is 1. The molecular weight excluding hydrogens is 381 g/mol. The molecule has 5 nitrogen and oxygen atoms in total. The lowest BCUT2D eigenvalue weighted by Crippen LogP contribution is -2.50. The van der Waals surface area contributed by atoms with Gasteiger partial charge in [0.15, 0.2) is 0 Å². The van der Waals surface area contributed by atoms with Gasteiger partial charge >= 0.3 is 6.18 Å². The van der Waals surface area contributed by atoms with Gasteiger partial charge in [-0.3, -0.25) is 9.69 Å². The third kappa shape index (κ3) is 5.97. The van der Waals surface area contributed by atoms with Crippen LogP contribution in [0.15, 0.2) is 12.3 Å². The minimum Gasteiger partial charge on any atom is -0.353 e. The molecule has 0 aliphatic carbocycles. The van der Waals surface area contributed by atoms with Crippen molar-refractivity contribution in [1.29, 1.82) is 0 Å². The van der Waals surface area contributed by atoms with Crippen molar-refractivity contribution >= 4 is 23.3 Å². The van der Waals surface area contributed by atoms with Crippen molar-refractivity contribution in [3.63, 3.8) is 0 Å². The van der Waals surface area contributed by atoms with Crippen molar-refractivity contribution < 1.29 is 18.0 Å². The molecule has 0 saturated carbocycles. The van der Waals surface area contributed by atoms with Crippen molar-refractivity contribution in [2.45, 2.75) is 32.9 Å². The normalized spacial score (nSPS) is 15.9. The lowest BCUT2D eigenvalue weighted by molar-refractivity contribution is -0.137. The third-order valence-electron chi connectivity index (χ3n) is 4.52. The highest BCUT2D eigenvalue weighted by molar-refractivity contribution is 6.33. The van der Waals surface area contributed by atoms with Crippen LogP contribution in [-0.4, -0.2) is 66.5 Å². The van der Waals surface area contributed by atoms with E-state index in [2.05, 4.69) is 23.7 Å². The molecule has 27 heavy (non-hydrogen) atoms. The van der Waals surface area contributed by atoms with Gasteiger partial charge in [-0.05, 0) is 18.9 Å². The van der Waals surface area contributed by atoms with E-state index >= 15 is 0 Å². The number of rotatable bonds is 7. The molecule has 1 aliphatic heterocycles. The molecule has 0 radical (unpaired) electrons. The molecule has 0 spiro atoms. The second-order valence-electron chi connectivity index (χ2n) is 6.67. The minimum atomic E-state index is -4.46. The molecule has 1 amide bonds. The monoisotopic (exact) mass is 406 g/mol. The summed E-state index contributed by atoms with van der Waals surface area (Å²) in [4.78, 5) is 22.2. The quantitative estimate of drug-likeness (QED) is 0.694. The molecule has 2 heterocycles. The fourth-order valence-corrected chi connectivity index (χ4v) is 3.41. The molecule has 0 unspecified atom stereocenters. The van der Waals surface area contributed by atoms with Crippen LogP contribution in [-0.2, 0) is 11.0 Å². The van der Waals surface area contributed by atoms with E-state index < -0.39 is 11.7 Å². The van der Waals surface area contributed by atoms with Gasteiger partial charge in [-0.1, -0.05) is 25.4 Å². The van der Waals surface area contributed by atoms with Gasteiger partial charge in [0.1, 0.15) is 5.82 Å². The number of anilines is 1. The predicted octanol–water partition coefficient (Wildman–Crippen LogP) is 3.52. The Kier molecular flexibility index (Phi) is 7.73. The lowest BCUT2D eigenvalue weighted by atomic mass is 10.2. The van der Waals surface area contributed by atoms with Crippen molar-refractivity contribution in [3.8, 4) is 0 Å². The van der Waals surface area contributed by atoms with Gasteiger partial charge in [-0.15, -0.1) is 0 Å². The zero-order valence-corrected chi connectivity index (χ0v) is 16.5. The number of aromatic nitrogens is 1. The number of carbonyl (C=O) groups excluding carboxylic acids is 1. The van der Waals surface area contributed by atoms with Gasteiger partial charge in [0.05, 0.1) is 17.1 Å². The van der Waals surface area contributed by atoms with Gasteiger partial charge in [0.2, 0.25) is 5.91 Å². The Bertz CT molecular complexity index is 628. The van der Waals surface area contributed by atoms with E-state index in [1.165, 1.54) is 0 Å². The number of hydrogen-bond donors (Lipinski definition) is 0. The molecule has 1 aromatic heterocycles. The summed E-state index contributed by atoms with van der Waals surface area (Å²) in [7, 11) is 0. The van der Waals surface area contributed by atoms with Crippen LogP contribution in [0.25, 0.3) is 0 Å². The van der Waals surface area contributed by atoms with E-state index in [1.807, 2.05) is 9.80 Å². The van der Waals surface area contributed by atoms with Crippen LogP contribution in [0, 0.1) is 0 Å². The van der Waals surface area contributed by atoms with Crippen LogP contribution in [0.3, 0.4) is 0 Å². The fraction of sp³-hybridized carbons (Fsp3) is 0.667. The predicted molar refractivity (Wildman–Crippen MR) is 100 cm³/mol. The number of nitrogens with zero attached hydrogens (tertiary/aromatic N) is 4. The van der Waals surface area contributed by atoms with Gasteiger partial charge in [0.25, 0.3) is 0 Å². The summed E-state index contributed by atoms with van der Waals surface area (Å²) >= 11 is 6.02. The average Bonchev–Trinajstić information content (AvgIpc) is 2.61. The first-order chi connectivity index (χ1) is 12.8. The van der Waals surface area contributed by atoms with Crippen molar-refractivity contribution in [1.82, 2.24) is 14.8 Å². The van der Waals surface area contributed by atoms with E-state index in [1.54, 1.807) is 0 Å². The fourth-order valence-electron chi connectivity index (χ4n) is 3.13. The Morgan fingerprint density at radius 1 is 1.19 bits per heavy atom. The molecular formula is C18H26ClF3N4O. The maximum Gasteiger partial charge on any atom is 0.417 e. The van der Waals surface area contributed by atoms with Gasteiger partial charge in [-0.25, -0.2) is 4.98 Å². The number of hydrogen-bond acceptors (Lipinski definition) is 4. The second kappa shape index (κ2) is 9.59. The zero-order valence-electron chi connectivity index (χ0n) is 15.7. The average molecular weight is 407 g/mol. The van der Waals surface area contributed by atoms with Crippen LogP contribution in [0.2, 0.25) is 5.02 Å². The van der Waals surface area contributed by atoms with Crippen LogP contribution < -0.4 is 4.90 Å².